The molecule has 6 heteroatoms. The number of nitrogens with zero attached hydrogens (tertiary/aromatic N) is 1. The molecule has 0 fully saturated rings. The van der Waals surface area contributed by atoms with E-state index in [1.54, 1.807) is 20.9 Å². The van der Waals surface area contributed by atoms with Crippen molar-refractivity contribution in [1.29, 1.82) is 0 Å². The Bertz CT molecular complexity index is 611. The number of carbonyl (C=O) groups excluding carboxylic acids is 1. The van der Waals surface area contributed by atoms with Gasteiger partial charge < -0.3 is 4.90 Å². The monoisotopic (exact) mass is 345 g/mol. The average molecular weight is 346 g/mol. The maximum atomic E-state index is 12.2. The van der Waals surface area contributed by atoms with Crippen molar-refractivity contribution in [2.24, 2.45) is 0 Å². The fraction of sp³-hybridized carbons (Fsp3) is 0.562. The van der Waals surface area contributed by atoms with Gasteiger partial charge in [-0.3, -0.25) is 4.79 Å². The summed E-state index contributed by atoms with van der Waals surface area (Å²) in [7, 11) is -1.73. The zero-order chi connectivity index (χ0) is 17.1. The van der Waals surface area contributed by atoms with E-state index in [1.807, 2.05) is 38.1 Å². The predicted octanol–water partition coefficient (Wildman–Crippen LogP) is 3.11. The first kappa shape index (κ1) is 19.0. The van der Waals surface area contributed by atoms with Gasteiger partial charge in [0.05, 0.1) is 5.25 Å². The van der Waals surface area contributed by atoms with E-state index in [0.29, 0.717) is 5.02 Å². The summed E-state index contributed by atoms with van der Waals surface area (Å²) in [5, 5.41) is 0.116. The number of halogens is 1. The summed E-state index contributed by atoms with van der Waals surface area (Å²) in [5.74, 6) is -0.742. The minimum absolute atomic E-state index is 0.0768. The number of sulfone groups is 1. The summed E-state index contributed by atoms with van der Waals surface area (Å²) in [5.41, 5.74) is 1.06. The summed E-state index contributed by atoms with van der Waals surface area (Å²) >= 11 is 5.88. The number of carbonyl (C=O) groups is 1. The van der Waals surface area contributed by atoms with Crippen LogP contribution in [0.25, 0.3) is 0 Å². The van der Waals surface area contributed by atoms with Gasteiger partial charge in [0.25, 0.3) is 0 Å². The van der Waals surface area contributed by atoms with Crippen LogP contribution in [0.5, 0.6) is 0 Å². The molecule has 124 valence electrons. The second-order valence-corrected chi connectivity index (χ2v) is 8.94. The molecular weight excluding hydrogens is 322 g/mol. The van der Waals surface area contributed by atoms with Crippen molar-refractivity contribution < 1.29 is 13.2 Å². The van der Waals surface area contributed by atoms with Crippen LogP contribution >= 0.6 is 11.6 Å². The minimum atomic E-state index is -3.38. The lowest BCUT2D eigenvalue weighted by Gasteiger charge is -2.30. The first-order chi connectivity index (χ1) is 10.1. The number of hydrogen-bond donors (Lipinski definition) is 0. The molecule has 1 aromatic rings. The number of rotatable bonds is 6. The minimum Gasteiger partial charge on any atom is -0.342 e. The van der Waals surface area contributed by atoms with E-state index in [0.717, 1.165) is 5.56 Å². The molecular formula is C16H24ClNO3S. The Hall–Kier alpha value is -1.07. The van der Waals surface area contributed by atoms with Gasteiger partial charge in [0.2, 0.25) is 5.91 Å². The second-order valence-electron chi connectivity index (χ2n) is 5.94. The molecule has 22 heavy (non-hydrogen) atoms. The van der Waals surface area contributed by atoms with Crippen LogP contribution in [-0.2, 0) is 14.6 Å². The molecule has 2 atom stereocenters. The summed E-state index contributed by atoms with van der Waals surface area (Å²) in [6.07, 6.45) is 0. The Kier molecular flexibility index (Phi) is 6.44. The van der Waals surface area contributed by atoms with Crippen molar-refractivity contribution in [2.75, 3.05) is 12.8 Å². The Morgan fingerprint density at radius 1 is 1.14 bits per heavy atom. The molecule has 1 rings (SSSR count). The molecule has 0 unspecified atom stereocenters. The summed E-state index contributed by atoms with van der Waals surface area (Å²) < 4.78 is 23.8. The number of benzene rings is 1. The number of hydrogen-bond acceptors (Lipinski definition) is 3. The van der Waals surface area contributed by atoms with Gasteiger partial charge in [0.15, 0.2) is 9.84 Å². The third kappa shape index (κ3) is 4.71. The zero-order valence-corrected chi connectivity index (χ0v) is 15.3. The maximum Gasteiger partial charge on any atom is 0.237 e. The van der Waals surface area contributed by atoms with E-state index in [9.17, 15) is 13.2 Å². The summed E-state index contributed by atoms with van der Waals surface area (Å²) in [6, 6.07) is 7.35. The second kappa shape index (κ2) is 7.47. The maximum absolute atomic E-state index is 12.2. The van der Waals surface area contributed by atoms with Crippen molar-refractivity contribution >= 4 is 27.3 Å². The third-order valence-electron chi connectivity index (χ3n) is 4.17. The SMILES string of the molecule is CC(C)S(=O)(=O)CC(=O)N(C)[C@@H](C)[C@H](C)c1ccc(Cl)cc1. The Morgan fingerprint density at radius 2 is 1.64 bits per heavy atom. The van der Waals surface area contributed by atoms with Crippen LogP contribution < -0.4 is 0 Å². The Morgan fingerprint density at radius 3 is 2.09 bits per heavy atom. The predicted molar refractivity (Wildman–Crippen MR) is 91.0 cm³/mol. The lowest BCUT2D eigenvalue weighted by molar-refractivity contribution is -0.129. The molecule has 0 saturated carbocycles. The van der Waals surface area contributed by atoms with Gasteiger partial charge >= 0.3 is 0 Å². The highest BCUT2D eigenvalue weighted by atomic mass is 35.5. The van der Waals surface area contributed by atoms with Crippen molar-refractivity contribution in [3.63, 3.8) is 0 Å². The topological polar surface area (TPSA) is 54.5 Å². The first-order valence-corrected chi connectivity index (χ1v) is 9.38. The van der Waals surface area contributed by atoms with Crippen molar-refractivity contribution in [2.45, 2.75) is 44.9 Å². The average Bonchev–Trinajstić information content (AvgIpc) is 2.45. The van der Waals surface area contributed by atoms with E-state index in [1.165, 1.54) is 4.90 Å². The molecule has 0 aromatic heterocycles. The van der Waals surface area contributed by atoms with Gasteiger partial charge in [0.1, 0.15) is 5.75 Å². The van der Waals surface area contributed by atoms with Gasteiger partial charge in [-0.1, -0.05) is 30.7 Å². The highest BCUT2D eigenvalue weighted by Gasteiger charge is 2.27. The van der Waals surface area contributed by atoms with Crippen LogP contribution in [0, 0.1) is 0 Å². The van der Waals surface area contributed by atoms with Crippen LogP contribution in [0.2, 0.25) is 5.02 Å². The first-order valence-electron chi connectivity index (χ1n) is 7.29. The molecule has 0 aliphatic rings. The molecule has 1 aromatic carbocycles. The smallest absolute Gasteiger partial charge is 0.237 e. The van der Waals surface area contributed by atoms with Crippen LogP contribution in [0.1, 0.15) is 39.2 Å². The quantitative estimate of drug-likeness (QED) is 0.796. The Labute approximate surface area is 138 Å². The molecule has 0 aliphatic carbocycles. The highest BCUT2D eigenvalue weighted by Crippen LogP contribution is 2.24. The summed E-state index contributed by atoms with van der Waals surface area (Å²) in [4.78, 5) is 13.7. The number of likely N-dealkylation sites (N-methyl/N-ethyl adjacent to an activating group) is 1. The molecule has 0 heterocycles. The fourth-order valence-electron chi connectivity index (χ4n) is 2.05. The lowest BCUT2D eigenvalue weighted by Crippen LogP contribution is -2.42. The highest BCUT2D eigenvalue weighted by molar-refractivity contribution is 7.92. The molecule has 0 spiro atoms. The van der Waals surface area contributed by atoms with Gasteiger partial charge in [0, 0.05) is 24.0 Å². The number of amides is 1. The molecule has 4 nitrogen and oxygen atoms in total. The Balaban J connectivity index is 2.81. The van der Waals surface area contributed by atoms with Crippen molar-refractivity contribution in [3.8, 4) is 0 Å². The van der Waals surface area contributed by atoms with E-state index < -0.39 is 20.8 Å². The van der Waals surface area contributed by atoms with Gasteiger partial charge in [-0.05, 0) is 38.5 Å². The largest absolute Gasteiger partial charge is 0.342 e. The molecule has 0 aliphatic heterocycles. The van der Waals surface area contributed by atoms with E-state index in [2.05, 4.69) is 0 Å². The normalized spacial score (nSPS) is 14.7. The van der Waals surface area contributed by atoms with Crippen LogP contribution in [-0.4, -0.2) is 43.3 Å². The molecule has 0 saturated heterocycles. The van der Waals surface area contributed by atoms with Crippen molar-refractivity contribution in [1.82, 2.24) is 4.90 Å². The van der Waals surface area contributed by atoms with Crippen molar-refractivity contribution in [3.05, 3.63) is 34.9 Å². The summed E-state index contributed by atoms with van der Waals surface area (Å²) in [6.45, 7) is 7.10. The third-order valence-corrected chi connectivity index (χ3v) is 6.50. The van der Waals surface area contributed by atoms with E-state index in [-0.39, 0.29) is 17.9 Å². The van der Waals surface area contributed by atoms with E-state index in [4.69, 9.17) is 11.6 Å². The van der Waals surface area contributed by atoms with Gasteiger partial charge in [-0.25, -0.2) is 8.42 Å². The van der Waals surface area contributed by atoms with Gasteiger partial charge in [-0.15, -0.1) is 0 Å². The van der Waals surface area contributed by atoms with Crippen LogP contribution in [0.15, 0.2) is 24.3 Å². The van der Waals surface area contributed by atoms with Gasteiger partial charge in [-0.2, -0.15) is 0 Å². The lowest BCUT2D eigenvalue weighted by atomic mass is 9.93. The molecule has 0 radical (unpaired) electrons. The zero-order valence-electron chi connectivity index (χ0n) is 13.7. The molecule has 0 bridgehead atoms. The van der Waals surface area contributed by atoms with E-state index >= 15 is 0 Å². The molecule has 1 amide bonds. The standard InChI is InChI=1S/C16H24ClNO3S/c1-11(2)22(20,21)10-16(19)18(5)13(4)12(3)14-6-8-15(17)9-7-14/h6-9,11-13H,10H2,1-5H3/t12-,13-/m0/s1. The molecule has 0 N–H and O–H groups in total. The van der Waals surface area contributed by atoms with Crippen LogP contribution in [0.4, 0.5) is 0 Å². The fourth-order valence-corrected chi connectivity index (χ4v) is 3.06. The van der Waals surface area contributed by atoms with Crippen LogP contribution in [0.3, 0.4) is 0 Å².